The molecule has 0 aromatic carbocycles. The van der Waals surface area contributed by atoms with Crippen LogP contribution in [0.25, 0.3) is 0 Å². The van der Waals surface area contributed by atoms with Gasteiger partial charge in [-0.15, -0.1) is 11.3 Å². The maximum Gasteiger partial charge on any atom is 0.261 e. The van der Waals surface area contributed by atoms with E-state index >= 15 is 0 Å². The van der Waals surface area contributed by atoms with Gasteiger partial charge in [-0.25, -0.2) is 0 Å². The number of thiophene rings is 1. The Labute approximate surface area is 118 Å². The monoisotopic (exact) mass is 280 g/mol. The molecule has 3 N–H and O–H groups in total. The summed E-state index contributed by atoms with van der Waals surface area (Å²) in [5.41, 5.74) is 5.30. The summed E-state index contributed by atoms with van der Waals surface area (Å²) < 4.78 is 5.34. The highest BCUT2D eigenvalue weighted by atomic mass is 32.1. The molecule has 0 aliphatic heterocycles. The van der Waals surface area contributed by atoms with Crippen molar-refractivity contribution in [3.8, 4) is 11.8 Å². The average molecular weight is 280 g/mol. The van der Waals surface area contributed by atoms with E-state index < -0.39 is 0 Å². The summed E-state index contributed by atoms with van der Waals surface area (Å²) in [4.78, 5) is 13.3. The van der Waals surface area contributed by atoms with E-state index in [1.54, 1.807) is 6.07 Å². The van der Waals surface area contributed by atoms with E-state index in [1.807, 2.05) is 6.07 Å². The average Bonchev–Trinajstić information content (AvgIpc) is 2.89. The van der Waals surface area contributed by atoms with Gasteiger partial charge >= 0.3 is 0 Å². The summed E-state index contributed by atoms with van der Waals surface area (Å²) in [5.74, 6) is 5.63. The molecule has 1 aromatic heterocycles. The Hall–Kier alpha value is -1.35. The zero-order valence-electron chi connectivity index (χ0n) is 11.2. The van der Waals surface area contributed by atoms with Crippen molar-refractivity contribution in [3.63, 3.8) is 0 Å². The van der Waals surface area contributed by atoms with Crippen LogP contribution in [0, 0.1) is 11.8 Å². The highest BCUT2D eigenvalue weighted by Crippen LogP contribution is 2.14. The summed E-state index contributed by atoms with van der Waals surface area (Å²) in [5, 5.41) is 2.86. The quantitative estimate of drug-likeness (QED) is 0.589. The lowest BCUT2D eigenvalue weighted by molar-refractivity contribution is 0.0945. The lowest BCUT2D eigenvalue weighted by Crippen LogP contribution is -2.24. The summed E-state index contributed by atoms with van der Waals surface area (Å²) in [6, 6.07) is 3.63. The Balaban J connectivity index is 2.27. The van der Waals surface area contributed by atoms with Gasteiger partial charge in [-0.1, -0.05) is 18.8 Å². The Morgan fingerprint density at radius 3 is 3.05 bits per heavy atom. The third-order valence-corrected chi connectivity index (χ3v) is 3.24. The number of carbonyl (C=O) groups is 1. The van der Waals surface area contributed by atoms with E-state index in [4.69, 9.17) is 10.5 Å². The Morgan fingerprint density at radius 1 is 1.47 bits per heavy atom. The van der Waals surface area contributed by atoms with Gasteiger partial charge in [-0.2, -0.15) is 0 Å². The van der Waals surface area contributed by atoms with Crippen LogP contribution in [0.4, 0.5) is 0 Å². The molecule has 0 unspecified atom stereocenters. The van der Waals surface area contributed by atoms with Crippen molar-refractivity contribution in [2.45, 2.75) is 19.8 Å². The molecule has 0 atom stereocenters. The number of hydrogen-bond acceptors (Lipinski definition) is 4. The first-order valence-electron chi connectivity index (χ1n) is 6.42. The van der Waals surface area contributed by atoms with Crippen LogP contribution in [-0.4, -0.2) is 32.2 Å². The van der Waals surface area contributed by atoms with E-state index in [-0.39, 0.29) is 5.91 Å². The Kier molecular flexibility index (Phi) is 7.91. The third kappa shape index (κ3) is 6.39. The molecular weight excluding hydrogens is 260 g/mol. The maximum atomic E-state index is 11.8. The first-order valence-corrected chi connectivity index (χ1v) is 7.24. The summed E-state index contributed by atoms with van der Waals surface area (Å²) in [6.45, 7) is 4.50. The number of ether oxygens (including phenoxy) is 1. The highest BCUT2D eigenvalue weighted by molar-refractivity contribution is 7.14. The molecule has 1 amide bonds. The van der Waals surface area contributed by atoms with Crippen LogP contribution in [0.3, 0.4) is 0 Å². The van der Waals surface area contributed by atoms with Crippen LogP contribution >= 0.6 is 11.3 Å². The molecule has 5 heteroatoms. The van der Waals surface area contributed by atoms with Gasteiger partial charge < -0.3 is 15.8 Å². The van der Waals surface area contributed by atoms with Crippen molar-refractivity contribution in [1.29, 1.82) is 0 Å². The van der Waals surface area contributed by atoms with Crippen molar-refractivity contribution in [3.05, 3.63) is 21.9 Å². The lowest BCUT2D eigenvalue weighted by Gasteiger charge is -2.04. The standard InChI is InChI=1S/C14H20N2O2S/c1-2-10-18-11-4-9-16-14(17)13-7-6-12(19-13)5-3-8-15/h6-7H,2,4,8-11,15H2,1H3,(H,16,17). The smallest absolute Gasteiger partial charge is 0.261 e. The second-order valence-electron chi connectivity index (χ2n) is 3.89. The van der Waals surface area contributed by atoms with E-state index in [0.717, 1.165) is 24.3 Å². The van der Waals surface area contributed by atoms with Crippen molar-refractivity contribution in [2.75, 3.05) is 26.3 Å². The van der Waals surface area contributed by atoms with Gasteiger partial charge in [0.25, 0.3) is 5.91 Å². The van der Waals surface area contributed by atoms with Gasteiger partial charge in [0.1, 0.15) is 0 Å². The molecule has 0 radical (unpaired) electrons. The number of nitrogens with one attached hydrogen (secondary N) is 1. The van der Waals surface area contributed by atoms with E-state index in [1.165, 1.54) is 11.3 Å². The molecule has 1 rings (SSSR count). The normalized spacial score (nSPS) is 9.79. The summed E-state index contributed by atoms with van der Waals surface area (Å²) in [7, 11) is 0. The molecular formula is C14H20N2O2S. The van der Waals surface area contributed by atoms with Crippen molar-refractivity contribution < 1.29 is 9.53 Å². The predicted octanol–water partition coefficient (Wildman–Crippen LogP) is 1.60. The summed E-state index contributed by atoms with van der Waals surface area (Å²) >= 11 is 1.38. The first-order chi connectivity index (χ1) is 9.27. The molecule has 104 valence electrons. The third-order valence-electron chi connectivity index (χ3n) is 2.24. The van der Waals surface area contributed by atoms with Crippen LogP contribution in [0.15, 0.2) is 12.1 Å². The molecule has 4 nitrogen and oxygen atoms in total. The molecule has 0 aliphatic rings. The number of amides is 1. The first kappa shape index (κ1) is 15.7. The zero-order valence-corrected chi connectivity index (χ0v) is 12.0. The van der Waals surface area contributed by atoms with Gasteiger partial charge in [0.05, 0.1) is 16.3 Å². The van der Waals surface area contributed by atoms with Crippen LogP contribution < -0.4 is 11.1 Å². The van der Waals surface area contributed by atoms with Crippen LogP contribution in [0.1, 0.15) is 34.3 Å². The molecule has 0 bridgehead atoms. The molecule has 19 heavy (non-hydrogen) atoms. The minimum atomic E-state index is -0.0544. The molecule has 1 heterocycles. The van der Waals surface area contributed by atoms with Crippen molar-refractivity contribution >= 4 is 17.2 Å². The van der Waals surface area contributed by atoms with E-state index in [0.29, 0.717) is 24.6 Å². The lowest BCUT2D eigenvalue weighted by atomic mass is 10.4. The van der Waals surface area contributed by atoms with Crippen LogP contribution in [0.2, 0.25) is 0 Å². The molecule has 0 spiro atoms. The van der Waals surface area contributed by atoms with E-state index in [9.17, 15) is 4.79 Å². The molecule has 1 aromatic rings. The number of carbonyl (C=O) groups excluding carboxylic acids is 1. The van der Waals surface area contributed by atoms with Gasteiger partial charge in [0, 0.05) is 19.8 Å². The van der Waals surface area contributed by atoms with Gasteiger partial charge in [-0.3, -0.25) is 4.79 Å². The van der Waals surface area contributed by atoms with Crippen molar-refractivity contribution in [1.82, 2.24) is 5.32 Å². The summed E-state index contributed by atoms with van der Waals surface area (Å²) in [6.07, 6.45) is 1.85. The SMILES string of the molecule is CCCOCCCNC(=O)c1ccc(C#CCN)s1. The zero-order chi connectivity index (χ0) is 13.9. The fourth-order valence-corrected chi connectivity index (χ4v) is 2.17. The highest BCUT2D eigenvalue weighted by Gasteiger charge is 2.07. The topological polar surface area (TPSA) is 64.3 Å². The minimum Gasteiger partial charge on any atom is -0.381 e. The van der Waals surface area contributed by atoms with Gasteiger partial charge in [-0.05, 0) is 25.0 Å². The van der Waals surface area contributed by atoms with Crippen LogP contribution in [0.5, 0.6) is 0 Å². The fraction of sp³-hybridized carbons (Fsp3) is 0.500. The van der Waals surface area contributed by atoms with Gasteiger partial charge in [0.15, 0.2) is 0 Å². The molecule has 0 saturated carbocycles. The second-order valence-corrected chi connectivity index (χ2v) is 4.98. The fourth-order valence-electron chi connectivity index (χ4n) is 1.37. The Morgan fingerprint density at radius 2 is 2.32 bits per heavy atom. The number of nitrogens with two attached hydrogens (primary N) is 1. The van der Waals surface area contributed by atoms with Gasteiger partial charge in [0.2, 0.25) is 0 Å². The Bertz CT molecular complexity index is 446. The maximum absolute atomic E-state index is 11.8. The van der Waals surface area contributed by atoms with Crippen molar-refractivity contribution in [2.24, 2.45) is 5.73 Å². The molecule has 0 aliphatic carbocycles. The van der Waals surface area contributed by atoms with E-state index in [2.05, 4.69) is 24.1 Å². The molecule has 0 saturated heterocycles. The predicted molar refractivity (Wildman–Crippen MR) is 78.3 cm³/mol. The minimum absolute atomic E-state index is 0.0544. The second kappa shape index (κ2) is 9.56. The number of hydrogen-bond donors (Lipinski definition) is 2. The van der Waals surface area contributed by atoms with Crippen LogP contribution in [-0.2, 0) is 4.74 Å². The largest absolute Gasteiger partial charge is 0.381 e. The molecule has 0 fully saturated rings. The number of rotatable bonds is 7.